The van der Waals surface area contributed by atoms with Crippen molar-refractivity contribution >= 4 is 33.7 Å². The Labute approximate surface area is 223 Å². The topological polar surface area (TPSA) is 80.8 Å². The zero-order valence-corrected chi connectivity index (χ0v) is 23.1. The molecule has 3 aromatic carbocycles. The molecule has 1 heterocycles. The Morgan fingerprint density at radius 1 is 0.892 bits per heavy atom. The molecule has 1 aliphatic heterocycles. The van der Waals surface area contributed by atoms with Crippen molar-refractivity contribution in [2.45, 2.75) is 49.5 Å². The highest BCUT2D eigenvalue weighted by Gasteiger charge is 2.49. The van der Waals surface area contributed by atoms with E-state index in [1.54, 1.807) is 44.7 Å². The van der Waals surface area contributed by atoms with E-state index in [4.69, 9.17) is 4.74 Å². The first kappa shape index (κ1) is 26.9. The maximum Gasteiger partial charge on any atom is 0.337 e. The molecule has 1 unspecified atom stereocenters. The fourth-order valence-electron chi connectivity index (χ4n) is 4.49. The Hall–Kier alpha value is -3.10. The highest BCUT2D eigenvalue weighted by molar-refractivity contribution is 7.97. The van der Waals surface area contributed by atoms with E-state index in [1.807, 2.05) is 36.4 Å². The number of ether oxygens (including phenoxy) is 1. The van der Waals surface area contributed by atoms with Gasteiger partial charge in [0.1, 0.15) is 5.25 Å². The number of sulfonamides is 1. The summed E-state index contributed by atoms with van der Waals surface area (Å²) in [6.45, 7) is 5.22. The van der Waals surface area contributed by atoms with E-state index >= 15 is 0 Å². The standard InChI is InChI=1S/C29H31NO5S2/c1-29(2,3)30-27(31)17-26(37(30,33)34)24-11-7-21(8-12-24)19-36-18-20-5-9-22(10-6-20)23-13-15-25(16-14-23)28(32)35-4/h5-16,26H,17-19H2,1-4H3. The van der Waals surface area contributed by atoms with Gasteiger partial charge in [0.25, 0.3) is 0 Å². The molecule has 0 bridgehead atoms. The van der Waals surface area contributed by atoms with Gasteiger partial charge in [-0.25, -0.2) is 17.5 Å². The summed E-state index contributed by atoms with van der Waals surface area (Å²) in [7, 11) is -2.36. The molecule has 0 aromatic heterocycles. The molecule has 8 heteroatoms. The molecule has 0 radical (unpaired) electrons. The minimum absolute atomic E-state index is 0.0148. The van der Waals surface area contributed by atoms with Gasteiger partial charge in [0.05, 0.1) is 24.6 Å². The molecule has 3 aromatic rings. The van der Waals surface area contributed by atoms with Crippen LogP contribution in [0.5, 0.6) is 0 Å². The van der Waals surface area contributed by atoms with E-state index < -0.39 is 20.8 Å². The molecule has 1 aliphatic rings. The van der Waals surface area contributed by atoms with Crippen LogP contribution in [0.15, 0.2) is 72.8 Å². The van der Waals surface area contributed by atoms with Gasteiger partial charge in [-0.2, -0.15) is 11.8 Å². The number of amides is 1. The zero-order chi connectivity index (χ0) is 26.8. The van der Waals surface area contributed by atoms with Crippen molar-refractivity contribution in [2.24, 2.45) is 0 Å². The number of hydrogen-bond acceptors (Lipinski definition) is 6. The number of carbonyl (C=O) groups excluding carboxylic acids is 2. The third-order valence-corrected chi connectivity index (χ3v) is 9.79. The second-order valence-electron chi connectivity index (χ2n) is 10.1. The fraction of sp³-hybridized carbons (Fsp3) is 0.310. The monoisotopic (exact) mass is 537 g/mol. The maximum atomic E-state index is 13.0. The lowest BCUT2D eigenvalue weighted by Crippen LogP contribution is -2.45. The SMILES string of the molecule is COC(=O)c1ccc(-c2ccc(CSCc3ccc(C4CC(=O)N(C(C)(C)C)S4(=O)=O)cc3)cc2)cc1. The van der Waals surface area contributed by atoms with Crippen LogP contribution in [0.4, 0.5) is 0 Å². The highest BCUT2D eigenvalue weighted by Crippen LogP contribution is 2.40. The molecule has 1 amide bonds. The van der Waals surface area contributed by atoms with Crippen LogP contribution in [0, 0.1) is 0 Å². The summed E-state index contributed by atoms with van der Waals surface area (Å²) >= 11 is 1.78. The molecule has 1 saturated heterocycles. The molecule has 0 aliphatic carbocycles. The Morgan fingerprint density at radius 2 is 1.38 bits per heavy atom. The summed E-state index contributed by atoms with van der Waals surface area (Å²) in [6, 6.07) is 23.2. The van der Waals surface area contributed by atoms with Crippen LogP contribution in [0.25, 0.3) is 11.1 Å². The van der Waals surface area contributed by atoms with Crippen molar-refractivity contribution in [2.75, 3.05) is 7.11 Å². The van der Waals surface area contributed by atoms with Crippen LogP contribution in [0.3, 0.4) is 0 Å². The largest absolute Gasteiger partial charge is 0.465 e. The van der Waals surface area contributed by atoms with Gasteiger partial charge in [-0.1, -0.05) is 60.7 Å². The number of nitrogens with zero attached hydrogens (tertiary/aromatic N) is 1. The van der Waals surface area contributed by atoms with Crippen LogP contribution in [0.2, 0.25) is 0 Å². The quantitative estimate of drug-likeness (QED) is 0.345. The third kappa shape index (κ3) is 5.91. The number of hydrogen-bond donors (Lipinski definition) is 0. The molecule has 0 spiro atoms. The first-order chi connectivity index (χ1) is 17.5. The number of benzene rings is 3. The van der Waals surface area contributed by atoms with Gasteiger partial charge in [-0.05, 0) is 60.7 Å². The molecular formula is C29H31NO5S2. The third-order valence-electron chi connectivity index (χ3n) is 6.29. The van der Waals surface area contributed by atoms with Crippen molar-refractivity contribution in [1.29, 1.82) is 0 Å². The van der Waals surface area contributed by atoms with E-state index in [-0.39, 0.29) is 18.3 Å². The second-order valence-corrected chi connectivity index (χ2v) is 13.0. The molecule has 1 fully saturated rings. The van der Waals surface area contributed by atoms with Gasteiger partial charge in [-0.15, -0.1) is 0 Å². The molecule has 4 rings (SSSR count). The number of rotatable bonds is 7. The Morgan fingerprint density at radius 3 is 1.84 bits per heavy atom. The van der Waals surface area contributed by atoms with Gasteiger partial charge >= 0.3 is 5.97 Å². The summed E-state index contributed by atoms with van der Waals surface area (Å²) in [5.74, 6) is 0.942. The minimum Gasteiger partial charge on any atom is -0.465 e. The van der Waals surface area contributed by atoms with Crippen LogP contribution >= 0.6 is 11.8 Å². The summed E-state index contributed by atoms with van der Waals surface area (Å²) in [4.78, 5) is 24.0. The van der Waals surface area contributed by atoms with E-state index in [9.17, 15) is 18.0 Å². The van der Waals surface area contributed by atoms with E-state index in [1.165, 1.54) is 12.7 Å². The lowest BCUT2D eigenvalue weighted by molar-refractivity contribution is -0.128. The van der Waals surface area contributed by atoms with Gasteiger partial charge in [0.2, 0.25) is 15.9 Å². The number of carbonyl (C=O) groups is 2. The Bertz CT molecular complexity index is 1370. The predicted octanol–water partition coefficient (Wildman–Crippen LogP) is 5.98. The Kier molecular flexibility index (Phi) is 7.80. The summed E-state index contributed by atoms with van der Waals surface area (Å²) in [5.41, 5.74) is 4.82. The molecule has 194 valence electrons. The summed E-state index contributed by atoms with van der Waals surface area (Å²) in [6.07, 6.45) is -0.0148. The lowest BCUT2D eigenvalue weighted by Gasteiger charge is -2.30. The Balaban J connectivity index is 1.33. The highest BCUT2D eigenvalue weighted by atomic mass is 32.2. The molecule has 37 heavy (non-hydrogen) atoms. The fourth-order valence-corrected chi connectivity index (χ4v) is 7.68. The van der Waals surface area contributed by atoms with Crippen molar-refractivity contribution < 1.29 is 22.7 Å². The van der Waals surface area contributed by atoms with Crippen molar-refractivity contribution in [3.05, 3.63) is 95.1 Å². The maximum absolute atomic E-state index is 13.0. The normalized spacial score (nSPS) is 17.1. The average Bonchev–Trinajstić information content (AvgIpc) is 3.12. The van der Waals surface area contributed by atoms with Crippen LogP contribution < -0.4 is 0 Å². The average molecular weight is 538 g/mol. The lowest BCUT2D eigenvalue weighted by atomic mass is 10.0. The van der Waals surface area contributed by atoms with Crippen LogP contribution in [-0.4, -0.2) is 37.2 Å². The van der Waals surface area contributed by atoms with E-state index in [2.05, 4.69) is 24.3 Å². The zero-order valence-electron chi connectivity index (χ0n) is 21.4. The number of methoxy groups -OCH3 is 1. The molecule has 0 N–H and O–H groups in total. The number of esters is 1. The van der Waals surface area contributed by atoms with Crippen LogP contribution in [-0.2, 0) is 31.1 Å². The smallest absolute Gasteiger partial charge is 0.337 e. The molecule has 0 saturated carbocycles. The van der Waals surface area contributed by atoms with Crippen molar-refractivity contribution in [3.63, 3.8) is 0 Å². The predicted molar refractivity (Wildman–Crippen MR) is 148 cm³/mol. The van der Waals surface area contributed by atoms with E-state index in [0.29, 0.717) is 11.1 Å². The number of thioether (sulfide) groups is 1. The van der Waals surface area contributed by atoms with Gasteiger partial charge in [-0.3, -0.25) is 4.79 Å². The molecule has 1 atom stereocenters. The first-order valence-electron chi connectivity index (χ1n) is 12.0. The van der Waals surface area contributed by atoms with Gasteiger partial charge < -0.3 is 4.74 Å². The van der Waals surface area contributed by atoms with E-state index in [0.717, 1.165) is 32.5 Å². The summed E-state index contributed by atoms with van der Waals surface area (Å²) < 4.78 is 31.8. The van der Waals surface area contributed by atoms with Crippen LogP contribution in [0.1, 0.15) is 59.5 Å². The first-order valence-corrected chi connectivity index (χ1v) is 14.7. The molecular weight excluding hydrogens is 506 g/mol. The van der Waals surface area contributed by atoms with Crippen molar-refractivity contribution in [1.82, 2.24) is 4.31 Å². The second kappa shape index (κ2) is 10.7. The van der Waals surface area contributed by atoms with Gasteiger partial charge in [0, 0.05) is 11.5 Å². The van der Waals surface area contributed by atoms with Gasteiger partial charge in [0.15, 0.2) is 0 Å². The molecule has 6 nitrogen and oxygen atoms in total. The minimum atomic E-state index is -3.73. The van der Waals surface area contributed by atoms with Crippen molar-refractivity contribution in [3.8, 4) is 11.1 Å². The summed E-state index contributed by atoms with van der Waals surface area (Å²) in [5, 5.41) is -0.823.